The van der Waals surface area contributed by atoms with Crippen molar-refractivity contribution in [3.05, 3.63) is 36.5 Å². The average molecular weight is 531 g/mol. The minimum atomic E-state index is -1.11. The topological polar surface area (TPSA) is 274 Å². The molecule has 0 saturated heterocycles. The molecule has 0 saturated carbocycles. The summed E-state index contributed by atoms with van der Waals surface area (Å²) >= 11 is 0. The normalized spacial score (nSPS) is 9.75. The molecule has 0 spiro atoms. The van der Waals surface area contributed by atoms with Crippen molar-refractivity contribution in [3.8, 4) is 0 Å². The SMILES string of the molecule is C=C(C)C(=O)O.C=C(C)C(=O)O.C=C(C)C(=O)O.OCC(CO)(CO)CO.OCC(CO)(CO)CO. The van der Waals surface area contributed by atoms with Crippen LogP contribution in [0.4, 0.5) is 0 Å². The molecule has 11 N–H and O–H groups in total. The Labute approximate surface area is 210 Å². The van der Waals surface area contributed by atoms with E-state index in [0.717, 1.165) is 0 Å². The highest BCUT2D eigenvalue weighted by Crippen LogP contribution is 2.12. The molecule has 0 radical (unpaired) electrons. The predicted octanol–water partition coefficient (Wildman–Crippen LogP) is -2.17. The summed E-state index contributed by atoms with van der Waals surface area (Å²) in [5.41, 5.74) is -1.69. The molecule has 0 aliphatic heterocycles. The molecule has 0 heterocycles. The van der Waals surface area contributed by atoms with Crippen LogP contribution in [0.5, 0.6) is 0 Å². The second kappa shape index (κ2) is 25.4. The zero-order valence-electron chi connectivity index (χ0n) is 20.9. The lowest BCUT2D eigenvalue weighted by Gasteiger charge is -2.23. The number of carboxylic acid groups (broad SMARTS) is 3. The minimum absolute atomic E-state index is 0.176. The molecule has 214 valence electrons. The lowest BCUT2D eigenvalue weighted by molar-refractivity contribution is -0.133. The Morgan fingerprint density at radius 2 is 0.528 bits per heavy atom. The first-order chi connectivity index (χ1) is 16.4. The molecule has 14 heteroatoms. The first-order valence-electron chi connectivity index (χ1n) is 9.95. The van der Waals surface area contributed by atoms with Gasteiger partial charge in [0, 0.05) is 16.7 Å². The van der Waals surface area contributed by atoms with Crippen LogP contribution in [0.1, 0.15) is 20.8 Å². The maximum atomic E-state index is 9.60. The molecule has 14 nitrogen and oxygen atoms in total. The Kier molecular flexibility index (Phi) is 30.6. The lowest BCUT2D eigenvalue weighted by atomic mass is 9.93. The number of carboxylic acids is 3. The van der Waals surface area contributed by atoms with E-state index in [1.54, 1.807) is 0 Å². The van der Waals surface area contributed by atoms with Crippen LogP contribution in [0, 0.1) is 10.8 Å². The third kappa shape index (κ3) is 25.9. The Morgan fingerprint density at radius 3 is 0.528 bits per heavy atom. The van der Waals surface area contributed by atoms with Gasteiger partial charge in [-0.05, 0) is 20.8 Å². The Bertz CT molecular complexity index is 501. The number of aliphatic carboxylic acids is 3. The van der Waals surface area contributed by atoms with Crippen molar-refractivity contribution in [2.45, 2.75) is 20.8 Å². The van der Waals surface area contributed by atoms with Crippen molar-refractivity contribution >= 4 is 17.9 Å². The zero-order valence-corrected chi connectivity index (χ0v) is 20.9. The van der Waals surface area contributed by atoms with Gasteiger partial charge in [0.15, 0.2) is 0 Å². The van der Waals surface area contributed by atoms with Crippen molar-refractivity contribution in [1.82, 2.24) is 0 Å². The molecular weight excluding hydrogens is 488 g/mol. The van der Waals surface area contributed by atoms with E-state index < -0.39 is 81.6 Å². The molecule has 0 rings (SSSR count). The summed E-state index contributed by atoms with van der Waals surface area (Å²) < 4.78 is 0. The highest BCUT2D eigenvalue weighted by molar-refractivity contribution is 5.85. The van der Waals surface area contributed by atoms with Gasteiger partial charge in [-0.3, -0.25) is 0 Å². The quantitative estimate of drug-likeness (QED) is 0.127. The molecular formula is C22H42O14. The number of carbonyl (C=O) groups is 3. The lowest BCUT2D eigenvalue weighted by Crippen LogP contribution is -2.37. The number of aliphatic hydroxyl groups is 8. The predicted molar refractivity (Wildman–Crippen MR) is 129 cm³/mol. The monoisotopic (exact) mass is 530 g/mol. The van der Waals surface area contributed by atoms with Crippen molar-refractivity contribution in [3.63, 3.8) is 0 Å². The van der Waals surface area contributed by atoms with Crippen molar-refractivity contribution in [2.75, 3.05) is 52.9 Å². The van der Waals surface area contributed by atoms with E-state index >= 15 is 0 Å². The fraction of sp³-hybridized carbons (Fsp3) is 0.591. The van der Waals surface area contributed by atoms with Crippen LogP contribution in [0.15, 0.2) is 36.5 Å². The third-order valence-electron chi connectivity index (χ3n) is 3.78. The standard InChI is InChI=1S/2C5H12O4.3C4H6O2/c2*6-1-5(2-7,3-8)4-9;3*1-3(2)4(5)6/h2*6-9H,1-4H2;3*1H2,2H3,(H,5,6). The van der Waals surface area contributed by atoms with Gasteiger partial charge in [-0.1, -0.05) is 19.7 Å². The van der Waals surface area contributed by atoms with Crippen LogP contribution < -0.4 is 0 Å². The van der Waals surface area contributed by atoms with Gasteiger partial charge < -0.3 is 56.2 Å². The summed E-state index contributed by atoms with van der Waals surface area (Å²) in [7, 11) is 0. The number of rotatable bonds is 11. The van der Waals surface area contributed by atoms with Crippen LogP contribution in [0.25, 0.3) is 0 Å². The van der Waals surface area contributed by atoms with Crippen LogP contribution in [-0.2, 0) is 14.4 Å². The molecule has 0 aromatic carbocycles. The summed E-state index contributed by atoms with van der Waals surface area (Å²) in [6.45, 7) is 10.6. The molecule has 0 aliphatic rings. The van der Waals surface area contributed by atoms with Gasteiger partial charge in [-0.25, -0.2) is 14.4 Å². The molecule has 0 aromatic heterocycles. The largest absolute Gasteiger partial charge is 0.478 e. The first-order valence-corrected chi connectivity index (χ1v) is 9.95. The van der Waals surface area contributed by atoms with E-state index in [4.69, 9.17) is 56.2 Å². The van der Waals surface area contributed by atoms with Gasteiger partial charge in [0.05, 0.1) is 63.7 Å². The Balaban J connectivity index is -0.000000113. The number of hydrogen-bond donors (Lipinski definition) is 11. The highest BCUT2D eigenvalue weighted by Gasteiger charge is 2.27. The summed E-state index contributed by atoms with van der Waals surface area (Å²) in [4.78, 5) is 28.8. The first kappa shape index (κ1) is 43.4. The van der Waals surface area contributed by atoms with Crippen LogP contribution in [0.2, 0.25) is 0 Å². The van der Waals surface area contributed by atoms with Gasteiger partial charge in [0.25, 0.3) is 0 Å². The van der Waals surface area contributed by atoms with Crippen molar-refractivity contribution in [1.29, 1.82) is 0 Å². The van der Waals surface area contributed by atoms with Crippen LogP contribution in [-0.4, -0.2) is 127 Å². The van der Waals surface area contributed by atoms with Crippen LogP contribution in [0.3, 0.4) is 0 Å². The average Bonchev–Trinajstić information content (AvgIpc) is 2.84. The highest BCUT2D eigenvalue weighted by atomic mass is 16.4. The third-order valence-corrected chi connectivity index (χ3v) is 3.78. The maximum Gasteiger partial charge on any atom is 0.330 e. The summed E-state index contributed by atoms with van der Waals surface area (Å²) in [6.07, 6.45) is 0. The molecule has 0 unspecified atom stereocenters. The van der Waals surface area contributed by atoms with E-state index in [1.807, 2.05) is 0 Å². The van der Waals surface area contributed by atoms with Gasteiger partial charge in [-0.15, -0.1) is 0 Å². The van der Waals surface area contributed by atoms with Gasteiger partial charge in [0.1, 0.15) is 0 Å². The molecule has 0 atom stereocenters. The molecule has 36 heavy (non-hydrogen) atoms. The second-order valence-electron chi connectivity index (χ2n) is 7.52. The summed E-state index contributed by atoms with van der Waals surface area (Å²) in [5.74, 6) is -2.81. The smallest absolute Gasteiger partial charge is 0.330 e. The van der Waals surface area contributed by atoms with Crippen molar-refractivity contribution in [2.24, 2.45) is 10.8 Å². The maximum absolute atomic E-state index is 9.60. The van der Waals surface area contributed by atoms with E-state index in [-0.39, 0.29) is 16.7 Å². The molecule has 0 fully saturated rings. The van der Waals surface area contributed by atoms with Crippen molar-refractivity contribution < 1.29 is 70.6 Å². The zero-order chi connectivity index (χ0) is 30.1. The minimum Gasteiger partial charge on any atom is -0.478 e. The van der Waals surface area contributed by atoms with Crippen LogP contribution >= 0.6 is 0 Å². The Hall–Kier alpha value is -2.69. The summed E-state index contributed by atoms with van der Waals surface area (Å²) in [5, 5.41) is 91.6. The van der Waals surface area contributed by atoms with Gasteiger partial charge in [0.2, 0.25) is 0 Å². The van der Waals surface area contributed by atoms with E-state index in [2.05, 4.69) is 19.7 Å². The molecule has 0 bridgehead atoms. The van der Waals surface area contributed by atoms with E-state index in [0.29, 0.717) is 0 Å². The second-order valence-corrected chi connectivity index (χ2v) is 7.52. The summed E-state index contributed by atoms with van der Waals surface area (Å²) in [6, 6.07) is 0. The van der Waals surface area contributed by atoms with Gasteiger partial charge in [-0.2, -0.15) is 0 Å². The van der Waals surface area contributed by atoms with E-state index in [9.17, 15) is 14.4 Å². The van der Waals surface area contributed by atoms with E-state index in [1.165, 1.54) is 20.8 Å². The number of aliphatic hydroxyl groups excluding tert-OH is 8. The fourth-order valence-corrected chi connectivity index (χ4v) is 0.600. The number of hydrogen-bond acceptors (Lipinski definition) is 11. The Morgan fingerprint density at radius 1 is 0.444 bits per heavy atom. The molecule has 0 amide bonds. The van der Waals surface area contributed by atoms with Gasteiger partial charge >= 0.3 is 17.9 Å². The molecule has 0 aliphatic carbocycles. The fourth-order valence-electron chi connectivity index (χ4n) is 0.600. The molecule has 0 aromatic rings.